The summed E-state index contributed by atoms with van der Waals surface area (Å²) in [4.78, 5) is 0. The fourth-order valence-electron chi connectivity index (χ4n) is 1.87. The van der Waals surface area contributed by atoms with Gasteiger partial charge in [0.2, 0.25) is 0 Å². The van der Waals surface area contributed by atoms with Gasteiger partial charge in [0.25, 0.3) is 0 Å². The Morgan fingerprint density at radius 3 is 1.50 bits per heavy atom. The van der Waals surface area contributed by atoms with Crippen molar-refractivity contribution in [2.75, 3.05) is 0 Å². The molecule has 0 atom stereocenters. The first-order valence-corrected chi connectivity index (χ1v) is 5.62. The first-order valence-electron chi connectivity index (χ1n) is 5.62. The number of fused-ring (bicyclic) bond motifs is 1. The van der Waals surface area contributed by atoms with Gasteiger partial charge in [0.15, 0.2) is 0 Å². The van der Waals surface area contributed by atoms with Gasteiger partial charge in [0.1, 0.15) is 0 Å². The van der Waals surface area contributed by atoms with Crippen molar-refractivity contribution in [1.29, 1.82) is 0 Å². The maximum Gasteiger partial charge on any atom is -0.0178 e. The molecule has 0 heteroatoms. The molecule has 0 saturated heterocycles. The average Bonchev–Trinajstić information content (AvgIpc) is 2.30. The van der Waals surface area contributed by atoms with E-state index in [-0.39, 0.29) is 0 Å². The first-order chi connectivity index (χ1) is 7.83. The number of allylic oxidation sites excluding steroid dienone is 2. The third-order valence-corrected chi connectivity index (χ3v) is 2.61. The van der Waals surface area contributed by atoms with Crippen LogP contribution in [-0.4, -0.2) is 0 Å². The Kier molecular flexibility index (Phi) is 3.21. The van der Waals surface area contributed by atoms with Crippen LogP contribution in [0.15, 0.2) is 48.6 Å². The molecule has 0 nitrogen and oxygen atoms in total. The summed E-state index contributed by atoms with van der Waals surface area (Å²) in [6.45, 7) is 4.08. The Morgan fingerprint density at radius 1 is 0.688 bits per heavy atom. The molecule has 0 spiro atoms. The lowest BCUT2D eigenvalue weighted by Crippen LogP contribution is -1.77. The number of rotatable bonds is 2. The standard InChI is InChI=1S/C16H16/c1-3-5-13-7-9-16-12-14(6-4-2)8-10-15(16)11-13/h3-12H,1-2H3/b5-3-,6-4?. The van der Waals surface area contributed by atoms with Crippen molar-refractivity contribution in [2.45, 2.75) is 13.8 Å². The highest BCUT2D eigenvalue weighted by Gasteiger charge is 1.95. The van der Waals surface area contributed by atoms with Gasteiger partial charge < -0.3 is 0 Å². The monoisotopic (exact) mass is 208 g/mol. The fourth-order valence-corrected chi connectivity index (χ4v) is 1.87. The lowest BCUT2D eigenvalue weighted by atomic mass is 10.0. The van der Waals surface area contributed by atoms with Gasteiger partial charge in [0.05, 0.1) is 0 Å². The van der Waals surface area contributed by atoms with Crippen molar-refractivity contribution >= 4 is 22.9 Å². The third-order valence-electron chi connectivity index (χ3n) is 2.61. The van der Waals surface area contributed by atoms with Crippen molar-refractivity contribution in [1.82, 2.24) is 0 Å². The summed E-state index contributed by atoms with van der Waals surface area (Å²) in [5.41, 5.74) is 2.52. The molecule has 0 saturated carbocycles. The highest BCUT2D eigenvalue weighted by Crippen LogP contribution is 2.19. The third kappa shape index (κ3) is 2.22. The molecule has 0 aliphatic rings. The van der Waals surface area contributed by atoms with E-state index in [0.717, 1.165) is 0 Å². The van der Waals surface area contributed by atoms with Crippen molar-refractivity contribution in [3.8, 4) is 0 Å². The molecule has 0 aromatic heterocycles. The molecular formula is C16H16. The summed E-state index contributed by atoms with van der Waals surface area (Å²) in [5.74, 6) is 0. The van der Waals surface area contributed by atoms with Gasteiger partial charge >= 0.3 is 0 Å². The summed E-state index contributed by atoms with van der Waals surface area (Å²) in [6.07, 6.45) is 8.38. The van der Waals surface area contributed by atoms with E-state index in [4.69, 9.17) is 0 Å². The summed E-state index contributed by atoms with van der Waals surface area (Å²) >= 11 is 0. The molecular weight excluding hydrogens is 192 g/mol. The van der Waals surface area contributed by atoms with Crippen LogP contribution in [0.3, 0.4) is 0 Å². The van der Waals surface area contributed by atoms with Gasteiger partial charge in [-0.2, -0.15) is 0 Å². The van der Waals surface area contributed by atoms with Crippen LogP contribution in [0.1, 0.15) is 25.0 Å². The van der Waals surface area contributed by atoms with Gasteiger partial charge in [-0.1, -0.05) is 48.6 Å². The van der Waals surface area contributed by atoms with E-state index in [9.17, 15) is 0 Å². The van der Waals surface area contributed by atoms with Gasteiger partial charge in [-0.15, -0.1) is 0 Å². The molecule has 0 amide bonds. The largest absolute Gasteiger partial charge is 0.0871 e. The SMILES string of the molecule is CC=Cc1ccc2cc(/C=C\C)ccc2c1. The van der Waals surface area contributed by atoms with Crippen LogP contribution in [0.4, 0.5) is 0 Å². The zero-order valence-corrected chi connectivity index (χ0v) is 9.77. The normalized spacial score (nSPS) is 11.9. The molecule has 80 valence electrons. The summed E-state index contributed by atoms with van der Waals surface area (Å²) in [6, 6.07) is 13.1. The zero-order chi connectivity index (χ0) is 11.4. The predicted octanol–water partition coefficient (Wildman–Crippen LogP) is 4.91. The molecule has 2 aromatic carbocycles. The Bertz CT molecular complexity index is 494. The van der Waals surface area contributed by atoms with Crippen LogP contribution in [0.2, 0.25) is 0 Å². The topological polar surface area (TPSA) is 0 Å². The summed E-state index contributed by atoms with van der Waals surface area (Å²) in [5, 5.41) is 2.59. The van der Waals surface area contributed by atoms with Crippen LogP contribution < -0.4 is 0 Å². The Hall–Kier alpha value is -1.82. The van der Waals surface area contributed by atoms with E-state index in [0.29, 0.717) is 0 Å². The molecule has 0 unspecified atom stereocenters. The van der Waals surface area contributed by atoms with Gasteiger partial charge in [0, 0.05) is 0 Å². The molecule has 0 N–H and O–H groups in total. The average molecular weight is 208 g/mol. The molecule has 0 bridgehead atoms. The minimum absolute atomic E-state index is 1.26. The minimum Gasteiger partial charge on any atom is -0.0871 e. The van der Waals surface area contributed by atoms with Gasteiger partial charge in [-0.05, 0) is 47.9 Å². The second-order valence-electron chi connectivity index (χ2n) is 3.87. The van der Waals surface area contributed by atoms with Crippen LogP contribution in [0.5, 0.6) is 0 Å². The molecule has 0 aliphatic heterocycles. The van der Waals surface area contributed by atoms with Crippen molar-refractivity contribution < 1.29 is 0 Å². The van der Waals surface area contributed by atoms with E-state index in [1.165, 1.54) is 21.9 Å². The minimum atomic E-state index is 1.26. The van der Waals surface area contributed by atoms with E-state index in [1.54, 1.807) is 0 Å². The predicted molar refractivity (Wildman–Crippen MR) is 73.4 cm³/mol. The zero-order valence-electron chi connectivity index (χ0n) is 9.77. The highest BCUT2D eigenvalue weighted by atomic mass is 14.0. The lowest BCUT2D eigenvalue weighted by molar-refractivity contribution is 1.66. The molecule has 0 heterocycles. The van der Waals surface area contributed by atoms with E-state index in [2.05, 4.69) is 60.7 Å². The molecule has 2 rings (SSSR count). The van der Waals surface area contributed by atoms with Crippen LogP contribution in [0, 0.1) is 0 Å². The number of benzene rings is 2. The number of hydrogen-bond donors (Lipinski definition) is 0. The molecule has 16 heavy (non-hydrogen) atoms. The van der Waals surface area contributed by atoms with Crippen molar-refractivity contribution in [2.24, 2.45) is 0 Å². The summed E-state index contributed by atoms with van der Waals surface area (Å²) < 4.78 is 0. The van der Waals surface area contributed by atoms with Gasteiger partial charge in [-0.3, -0.25) is 0 Å². The van der Waals surface area contributed by atoms with Crippen LogP contribution >= 0.6 is 0 Å². The maximum atomic E-state index is 2.22. The smallest absolute Gasteiger partial charge is 0.0178 e. The Balaban J connectivity index is 2.52. The van der Waals surface area contributed by atoms with E-state index in [1.807, 2.05) is 13.8 Å². The van der Waals surface area contributed by atoms with Crippen molar-refractivity contribution in [3.05, 3.63) is 59.7 Å². The molecule has 0 aliphatic carbocycles. The quantitative estimate of drug-likeness (QED) is 0.658. The van der Waals surface area contributed by atoms with Crippen molar-refractivity contribution in [3.63, 3.8) is 0 Å². The molecule has 2 aromatic rings. The van der Waals surface area contributed by atoms with E-state index >= 15 is 0 Å². The second-order valence-corrected chi connectivity index (χ2v) is 3.87. The first kappa shape index (κ1) is 10.7. The maximum absolute atomic E-state index is 2.22. The fraction of sp³-hybridized carbons (Fsp3) is 0.125. The highest BCUT2D eigenvalue weighted by molar-refractivity contribution is 5.86. The Morgan fingerprint density at radius 2 is 1.12 bits per heavy atom. The lowest BCUT2D eigenvalue weighted by Gasteiger charge is -2.01. The number of hydrogen-bond acceptors (Lipinski definition) is 0. The summed E-state index contributed by atoms with van der Waals surface area (Å²) in [7, 11) is 0. The Labute approximate surface area is 96.9 Å². The second kappa shape index (κ2) is 4.80. The molecule has 0 fully saturated rings. The van der Waals surface area contributed by atoms with Gasteiger partial charge in [-0.25, -0.2) is 0 Å². The van der Waals surface area contributed by atoms with Crippen LogP contribution in [-0.2, 0) is 0 Å². The van der Waals surface area contributed by atoms with Crippen LogP contribution in [0.25, 0.3) is 22.9 Å². The molecule has 0 radical (unpaired) electrons. The van der Waals surface area contributed by atoms with E-state index < -0.39 is 0 Å².